The van der Waals surface area contributed by atoms with Crippen molar-refractivity contribution in [1.29, 1.82) is 0 Å². The van der Waals surface area contributed by atoms with Gasteiger partial charge in [-0.05, 0) is 44.2 Å². The number of hydrogen-bond acceptors (Lipinski definition) is 3. The van der Waals surface area contributed by atoms with Gasteiger partial charge in [-0.3, -0.25) is 9.59 Å². The van der Waals surface area contributed by atoms with E-state index in [-0.39, 0.29) is 17.4 Å². The topological polar surface area (TPSA) is 59.3 Å². The molecule has 2 aromatic carbocycles. The minimum atomic E-state index is -0.195. The largest absolute Gasteiger partial charge is 0.456 e. The number of nitrogens with one attached hydrogen (secondary N) is 1. The van der Waals surface area contributed by atoms with E-state index in [1.54, 1.807) is 36.4 Å². The van der Waals surface area contributed by atoms with Crippen LogP contribution in [0.3, 0.4) is 0 Å². The average molecular weight is 281 g/mol. The fraction of sp³-hybridized carbons (Fsp3) is 0.176. The van der Waals surface area contributed by atoms with Crippen LogP contribution in [0.2, 0.25) is 0 Å². The van der Waals surface area contributed by atoms with Crippen molar-refractivity contribution in [2.75, 3.05) is 0 Å². The molecule has 0 atom stereocenters. The second-order valence-electron chi connectivity index (χ2n) is 5.27. The van der Waals surface area contributed by atoms with Crippen molar-refractivity contribution in [1.82, 2.24) is 5.32 Å². The lowest BCUT2D eigenvalue weighted by atomic mass is 10.1. The molecule has 106 valence electrons. The molecule has 0 radical (unpaired) electrons. The Hall–Kier alpha value is -2.62. The molecule has 0 fully saturated rings. The molecule has 0 aliphatic heterocycles. The van der Waals surface area contributed by atoms with Gasteiger partial charge in [-0.2, -0.15) is 0 Å². The molecule has 3 aromatic rings. The van der Waals surface area contributed by atoms with Gasteiger partial charge in [0.25, 0.3) is 5.91 Å². The number of carbonyl (C=O) groups is 1. The van der Waals surface area contributed by atoms with Gasteiger partial charge in [0.2, 0.25) is 5.43 Å². The highest BCUT2D eigenvalue weighted by Gasteiger charge is 2.12. The van der Waals surface area contributed by atoms with Gasteiger partial charge in [-0.15, -0.1) is 0 Å². The second-order valence-corrected chi connectivity index (χ2v) is 5.27. The Morgan fingerprint density at radius 3 is 2.52 bits per heavy atom. The van der Waals surface area contributed by atoms with E-state index in [0.717, 1.165) is 0 Å². The molecule has 21 heavy (non-hydrogen) atoms. The molecule has 1 heterocycles. The smallest absolute Gasteiger partial charge is 0.251 e. The third-order valence-electron chi connectivity index (χ3n) is 3.26. The molecule has 3 rings (SSSR count). The Morgan fingerprint density at radius 2 is 1.76 bits per heavy atom. The maximum Gasteiger partial charge on any atom is 0.251 e. The highest BCUT2D eigenvalue weighted by Crippen LogP contribution is 2.19. The van der Waals surface area contributed by atoms with Crippen LogP contribution in [0.5, 0.6) is 0 Å². The third-order valence-corrected chi connectivity index (χ3v) is 3.26. The average Bonchev–Trinajstić information content (AvgIpc) is 2.46. The number of carbonyl (C=O) groups excluding carboxylic acids is 1. The summed E-state index contributed by atoms with van der Waals surface area (Å²) in [5.41, 5.74) is 1.37. The van der Waals surface area contributed by atoms with Gasteiger partial charge in [-0.1, -0.05) is 12.1 Å². The van der Waals surface area contributed by atoms with Gasteiger partial charge in [-0.25, -0.2) is 0 Å². The fourth-order valence-corrected chi connectivity index (χ4v) is 2.29. The van der Waals surface area contributed by atoms with Crippen LogP contribution in [0.25, 0.3) is 21.9 Å². The Labute approximate surface area is 121 Å². The molecule has 1 amide bonds. The van der Waals surface area contributed by atoms with Gasteiger partial charge >= 0.3 is 0 Å². The molecular formula is C17H15NO3. The van der Waals surface area contributed by atoms with Gasteiger partial charge in [0.1, 0.15) is 11.2 Å². The maximum atomic E-state index is 12.5. The molecule has 1 N–H and O–H groups in total. The lowest BCUT2D eigenvalue weighted by Crippen LogP contribution is -2.30. The normalized spacial score (nSPS) is 11.2. The molecule has 0 aliphatic rings. The Bertz CT molecular complexity index is 893. The summed E-state index contributed by atoms with van der Waals surface area (Å²) in [4.78, 5) is 24.5. The highest BCUT2D eigenvalue weighted by atomic mass is 16.3. The first-order valence-corrected chi connectivity index (χ1v) is 6.83. The predicted molar refractivity (Wildman–Crippen MR) is 82.6 cm³/mol. The van der Waals surface area contributed by atoms with Crippen LogP contribution in [-0.2, 0) is 0 Å². The molecule has 0 spiro atoms. The number of para-hydroxylation sites is 1. The number of hydrogen-bond donors (Lipinski definition) is 1. The van der Waals surface area contributed by atoms with Crippen molar-refractivity contribution in [2.24, 2.45) is 0 Å². The van der Waals surface area contributed by atoms with E-state index in [1.807, 2.05) is 19.9 Å². The summed E-state index contributed by atoms with van der Waals surface area (Å²) in [6.45, 7) is 3.78. The molecular weight excluding hydrogens is 266 g/mol. The van der Waals surface area contributed by atoms with Crippen LogP contribution in [0.15, 0.2) is 51.7 Å². The molecule has 0 bridgehead atoms. The summed E-state index contributed by atoms with van der Waals surface area (Å²) < 4.78 is 5.71. The molecule has 0 saturated heterocycles. The third kappa shape index (κ3) is 2.40. The second kappa shape index (κ2) is 5.05. The van der Waals surface area contributed by atoms with E-state index in [4.69, 9.17) is 4.42 Å². The van der Waals surface area contributed by atoms with Crippen LogP contribution in [0.1, 0.15) is 24.2 Å². The Morgan fingerprint density at radius 1 is 1.05 bits per heavy atom. The Balaban J connectivity index is 2.21. The predicted octanol–water partition coefficient (Wildman–Crippen LogP) is 3.08. The number of rotatable bonds is 2. The van der Waals surface area contributed by atoms with Crippen molar-refractivity contribution in [3.8, 4) is 0 Å². The van der Waals surface area contributed by atoms with Crippen molar-refractivity contribution in [2.45, 2.75) is 19.9 Å². The van der Waals surface area contributed by atoms with Crippen molar-refractivity contribution < 1.29 is 9.21 Å². The summed E-state index contributed by atoms with van der Waals surface area (Å²) in [5.74, 6) is -0.195. The SMILES string of the molecule is CC(C)NC(=O)c1ccc2oc3ccccc3c(=O)c2c1. The number of benzene rings is 2. The van der Waals surface area contributed by atoms with Crippen LogP contribution < -0.4 is 10.7 Å². The standard InChI is InChI=1S/C17H15NO3/c1-10(2)18-17(20)11-7-8-15-13(9-11)16(19)12-5-3-4-6-14(12)21-15/h3-10H,1-2H3,(H,18,20). The van der Waals surface area contributed by atoms with E-state index in [1.165, 1.54) is 0 Å². The first-order chi connectivity index (χ1) is 10.1. The van der Waals surface area contributed by atoms with Gasteiger partial charge in [0.05, 0.1) is 10.8 Å². The zero-order chi connectivity index (χ0) is 15.0. The monoisotopic (exact) mass is 281 g/mol. The maximum absolute atomic E-state index is 12.5. The summed E-state index contributed by atoms with van der Waals surface area (Å²) in [5, 5.41) is 3.75. The van der Waals surface area contributed by atoms with Crippen LogP contribution in [-0.4, -0.2) is 11.9 Å². The molecule has 4 nitrogen and oxygen atoms in total. The zero-order valence-corrected chi connectivity index (χ0v) is 11.8. The lowest BCUT2D eigenvalue weighted by Gasteiger charge is -2.08. The van der Waals surface area contributed by atoms with E-state index >= 15 is 0 Å². The van der Waals surface area contributed by atoms with Gasteiger partial charge in [0, 0.05) is 11.6 Å². The van der Waals surface area contributed by atoms with Gasteiger partial charge < -0.3 is 9.73 Å². The summed E-state index contributed by atoms with van der Waals surface area (Å²) in [7, 11) is 0. The van der Waals surface area contributed by atoms with Gasteiger partial charge in [0.15, 0.2) is 0 Å². The van der Waals surface area contributed by atoms with Crippen molar-refractivity contribution >= 4 is 27.8 Å². The summed E-state index contributed by atoms with van der Waals surface area (Å²) in [6, 6.07) is 12.1. The number of fused-ring (bicyclic) bond motifs is 2. The van der Waals surface area contributed by atoms with Crippen LogP contribution in [0.4, 0.5) is 0 Å². The molecule has 0 aliphatic carbocycles. The van der Waals surface area contributed by atoms with E-state index in [2.05, 4.69) is 5.32 Å². The first-order valence-electron chi connectivity index (χ1n) is 6.83. The van der Waals surface area contributed by atoms with Crippen LogP contribution in [0, 0.1) is 0 Å². The molecule has 4 heteroatoms. The van der Waals surface area contributed by atoms with E-state index in [9.17, 15) is 9.59 Å². The van der Waals surface area contributed by atoms with Crippen molar-refractivity contribution in [3.63, 3.8) is 0 Å². The quantitative estimate of drug-likeness (QED) is 0.734. The van der Waals surface area contributed by atoms with Crippen LogP contribution >= 0.6 is 0 Å². The minimum absolute atomic E-state index is 0.0428. The lowest BCUT2D eigenvalue weighted by molar-refractivity contribution is 0.0943. The first kappa shape index (κ1) is 13.4. The Kier molecular flexibility index (Phi) is 3.22. The zero-order valence-electron chi connectivity index (χ0n) is 11.8. The minimum Gasteiger partial charge on any atom is -0.456 e. The summed E-state index contributed by atoms with van der Waals surface area (Å²) >= 11 is 0. The summed E-state index contributed by atoms with van der Waals surface area (Å²) in [6.07, 6.45) is 0. The fourth-order valence-electron chi connectivity index (χ4n) is 2.29. The molecule has 0 unspecified atom stereocenters. The molecule has 0 saturated carbocycles. The number of amides is 1. The van der Waals surface area contributed by atoms with Crippen molar-refractivity contribution in [3.05, 3.63) is 58.3 Å². The van der Waals surface area contributed by atoms with E-state index in [0.29, 0.717) is 27.5 Å². The highest BCUT2D eigenvalue weighted by molar-refractivity contribution is 5.99. The molecule has 1 aromatic heterocycles. The van der Waals surface area contributed by atoms with E-state index < -0.39 is 0 Å².